The fraction of sp³-hybridized carbons (Fsp3) is 0.940. The Hall–Kier alpha value is -1.94. The van der Waals surface area contributed by atoms with Gasteiger partial charge in [-0.25, -0.2) is 9.13 Å². The van der Waals surface area contributed by atoms with Crippen molar-refractivity contribution in [1.29, 1.82) is 0 Å². The first-order valence-electron chi connectivity index (χ1n) is 35.1. The van der Waals surface area contributed by atoms with Gasteiger partial charge in [-0.2, -0.15) is 0 Å². The second-order valence-electron chi connectivity index (χ2n) is 24.7. The van der Waals surface area contributed by atoms with E-state index in [4.69, 9.17) is 37.0 Å². The third-order valence-corrected chi connectivity index (χ3v) is 17.4. The van der Waals surface area contributed by atoms with Gasteiger partial charge in [-0.15, -0.1) is 0 Å². The second-order valence-corrected chi connectivity index (χ2v) is 27.6. The molecule has 0 aromatic carbocycles. The van der Waals surface area contributed by atoms with E-state index < -0.39 is 97.5 Å². The minimum atomic E-state index is -4.95. The molecule has 0 bridgehead atoms. The quantitative estimate of drug-likeness (QED) is 0.0222. The largest absolute Gasteiger partial charge is 0.472 e. The molecule has 0 aromatic heterocycles. The van der Waals surface area contributed by atoms with E-state index in [1.807, 2.05) is 0 Å². The topological polar surface area (TPSA) is 237 Å². The Morgan fingerprint density at radius 3 is 0.791 bits per heavy atom. The van der Waals surface area contributed by atoms with Gasteiger partial charge in [0.25, 0.3) is 0 Å². The Labute approximate surface area is 524 Å². The molecule has 0 aromatic rings. The third-order valence-electron chi connectivity index (χ3n) is 15.5. The lowest BCUT2D eigenvalue weighted by molar-refractivity contribution is -0.161. The molecule has 0 saturated heterocycles. The molecule has 0 heterocycles. The van der Waals surface area contributed by atoms with Gasteiger partial charge >= 0.3 is 39.5 Å². The summed E-state index contributed by atoms with van der Waals surface area (Å²) >= 11 is 0. The molecular weight excluding hydrogens is 1140 g/mol. The van der Waals surface area contributed by atoms with Crippen molar-refractivity contribution >= 4 is 39.5 Å². The summed E-state index contributed by atoms with van der Waals surface area (Å²) in [5.74, 6) is -1.42. The van der Waals surface area contributed by atoms with Crippen LogP contribution in [0.5, 0.6) is 0 Å². The molecule has 3 N–H and O–H groups in total. The van der Waals surface area contributed by atoms with Crippen molar-refractivity contribution in [2.45, 2.75) is 361 Å². The molecule has 17 nitrogen and oxygen atoms in total. The Balaban J connectivity index is 5.21. The van der Waals surface area contributed by atoms with Gasteiger partial charge in [-0.3, -0.25) is 37.3 Å². The number of rotatable bonds is 67. The first kappa shape index (κ1) is 84.1. The molecule has 0 saturated carbocycles. The van der Waals surface area contributed by atoms with E-state index in [1.165, 1.54) is 161 Å². The minimum Gasteiger partial charge on any atom is -0.462 e. The molecule has 0 aliphatic heterocycles. The first-order chi connectivity index (χ1) is 41.5. The predicted octanol–water partition coefficient (Wildman–Crippen LogP) is 19.0. The van der Waals surface area contributed by atoms with Crippen molar-refractivity contribution in [3.8, 4) is 0 Å². The summed E-state index contributed by atoms with van der Waals surface area (Å²) in [6, 6.07) is 0. The number of phosphoric ester groups is 2. The molecule has 0 radical (unpaired) electrons. The molecule has 0 amide bonds. The van der Waals surface area contributed by atoms with Gasteiger partial charge in [0.2, 0.25) is 0 Å². The Bertz CT molecular complexity index is 1670. The molecule has 510 valence electrons. The van der Waals surface area contributed by atoms with Crippen LogP contribution in [0.25, 0.3) is 0 Å². The molecule has 19 heteroatoms. The van der Waals surface area contributed by atoms with Crippen molar-refractivity contribution in [3.63, 3.8) is 0 Å². The van der Waals surface area contributed by atoms with Crippen LogP contribution in [-0.4, -0.2) is 96.7 Å². The average Bonchev–Trinajstić information content (AvgIpc) is 3.60. The molecule has 5 atom stereocenters. The van der Waals surface area contributed by atoms with Gasteiger partial charge in [-0.1, -0.05) is 291 Å². The maximum Gasteiger partial charge on any atom is 0.472 e. The van der Waals surface area contributed by atoms with Gasteiger partial charge in [0, 0.05) is 25.7 Å². The van der Waals surface area contributed by atoms with Crippen molar-refractivity contribution < 1.29 is 80.2 Å². The van der Waals surface area contributed by atoms with Crippen molar-refractivity contribution in [2.75, 3.05) is 39.6 Å². The minimum absolute atomic E-state index is 0.107. The van der Waals surface area contributed by atoms with Gasteiger partial charge < -0.3 is 33.8 Å². The maximum absolute atomic E-state index is 13.0. The summed E-state index contributed by atoms with van der Waals surface area (Å²) in [5.41, 5.74) is 0. The number of carbonyl (C=O) groups excluding carboxylic acids is 4. The van der Waals surface area contributed by atoms with Crippen LogP contribution in [0.3, 0.4) is 0 Å². The Morgan fingerprint density at radius 2 is 0.535 bits per heavy atom. The summed E-state index contributed by atoms with van der Waals surface area (Å²) in [6.07, 6.45) is 45.8. The number of ether oxygens (including phenoxy) is 4. The Morgan fingerprint density at radius 1 is 0.314 bits per heavy atom. The highest BCUT2D eigenvalue weighted by molar-refractivity contribution is 7.47. The van der Waals surface area contributed by atoms with Crippen LogP contribution < -0.4 is 0 Å². The molecule has 2 unspecified atom stereocenters. The molecule has 0 rings (SSSR count). The monoisotopic (exact) mass is 1270 g/mol. The summed E-state index contributed by atoms with van der Waals surface area (Å²) in [4.78, 5) is 72.3. The van der Waals surface area contributed by atoms with Gasteiger partial charge in [0.05, 0.1) is 26.4 Å². The summed E-state index contributed by atoms with van der Waals surface area (Å²) < 4.78 is 68.1. The average molecular weight is 1270 g/mol. The molecule has 0 aliphatic carbocycles. The van der Waals surface area contributed by atoms with E-state index >= 15 is 0 Å². The number of esters is 4. The normalized spacial score (nSPS) is 14.2. The van der Waals surface area contributed by atoms with E-state index in [2.05, 4.69) is 34.6 Å². The highest BCUT2D eigenvalue weighted by atomic mass is 31.2. The molecule has 0 aliphatic rings. The number of carbonyl (C=O) groups is 4. The highest BCUT2D eigenvalue weighted by Crippen LogP contribution is 2.45. The van der Waals surface area contributed by atoms with Crippen LogP contribution in [0.15, 0.2) is 0 Å². The summed E-state index contributed by atoms with van der Waals surface area (Å²) in [7, 11) is -9.89. The zero-order chi connectivity index (χ0) is 63.5. The lowest BCUT2D eigenvalue weighted by Crippen LogP contribution is -2.30. The standard InChI is InChI=1S/C67H130O17P2/c1-6-9-12-15-18-21-24-25-26-27-28-29-32-37-43-48-53-67(72)84-63(57-78-65(70)51-46-41-38-33-34-39-44-49-60(4)5)59-82-86(75,76)80-55-61(68)54-79-85(73,74)81-58-62(83-66(71)52-47-42-36-31-23-20-17-14-11-8-3)56-77-64(69)50-45-40-35-30-22-19-16-13-10-7-2/h60-63,68H,6-59H2,1-5H3,(H,73,74)(H,75,76)/t61-,62+,63+/m0/s1. The highest BCUT2D eigenvalue weighted by Gasteiger charge is 2.30. The van der Waals surface area contributed by atoms with Crippen LogP contribution in [0, 0.1) is 5.92 Å². The smallest absolute Gasteiger partial charge is 0.462 e. The number of aliphatic hydroxyl groups is 1. The van der Waals surface area contributed by atoms with Gasteiger partial charge in [0.1, 0.15) is 19.3 Å². The van der Waals surface area contributed by atoms with Gasteiger partial charge in [0.15, 0.2) is 12.2 Å². The molecule has 86 heavy (non-hydrogen) atoms. The zero-order valence-corrected chi connectivity index (χ0v) is 57.2. The fourth-order valence-electron chi connectivity index (χ4n) is 10.1. The van der Waals surface area contributed by atoms with Crippen LogP contribution in [-0.2, 0) is 65.4 Å². The number of phosphoric acid groups is 2. The fourth-order valence-corrected chi connectivity index (χ4v) is 11.7. The van der Waals surface area contributed by atoms with Crippen LogP contribution in [0.4, 0.5) is 0 Å². The Kier molecular flexibility index (Phi) is 59.2. The van der Waals surface area contributed by atoms with E-state index in [9.17, 15) is 43.2 Å². The first-order valence-corrected chi connectivity index (χ1v) is 38.1. The number of aliphatic hydroxyl groups excluding tert-OH is 1. The van der Waals surface area contributed by atoms with E-state index in [0.717, 1.165) is 96.3 Å². The number of hydrogen-bond donors (Lipinski definition) is 3. The maximum atomic E-state index is 13.0. The van der Waals surface area contributed by atoms with E-state index in [0.29, 0.717) is 31.6 Å². The van der Waals surface area contributed by atoms with E-state index in [-0.39, 0.29) is 25.7 Å². The number of hydrogen-bond acceptors (Lipinski definition) is 15. The van der Waals surface area contributed by atoms with Crippen molar-refractivity contribution in [3.05, 3.63) is 0 Å². The van der Waals surface area contributed by atoms with E-state index in [1.54, 1.807) is 0 Å². The second kappa shape index (κ2) is 60.6. The van der Waals surface area contributed by atoms with Crippen LogP contribution in [0.1, 0.15) is 343 Å². The van der Waals surface area contributed by atoms with Crippen molar-refractivity contribution in [2.24, 2.45) is 5.92 Å². The van der Waals surface area contributed by atoms with Crippen LogP contribution >= 0.6 is 15.6 Å². The van der Waals surface area contributed by atoms with Crippen LogP contribution in [0.2, 0.25) is 0 Å². The lowest BCUT2D eigenvalue weighted by Gasteiger charge is -2.21. The molecular formula is C67H130O17P2. The lowest BCUT2D eigenvalue weighted by atomic mass is 10.0. The van der Waals surface area contributed by atoms with Gasteiger partial charge in [-0.05, 0) is 31.6 Å². The predicted molar refractivity (Wildman–Crippen MR) is 345 cm³/mol. The molecule has 0 fully saturated rings. The van der Waals surface area contributed by atoms with Crippen molar-refractivity contribution in [1.82, 2.24) is 0 Å². The summed E-state index contributed by atoms with van der Waals surface area (Å²) in [6.45, 7) is 7.15. The molecule has 0 spiro atoms. The summed E-state index contributed by atoms with van der Waals surface area (Å²) in [5, 5.41) is 10.6. The number of unbranched alkanes of at least 4 members (excludes halogenated alkanes) is 39. The third kappa shape index (κ3) is 60.9. The SMILES string of the molecule is CCCCCCCCCCCCCCCCCCC(=O)O[C@H](COC(=O)CCCCCCCCCC(C)C)COP(=O)(O)OC[C@@H](O)COP(=O)(O)OC[C@@H](COC(=O)CCCCCCCCCCCC)OC(=O)CCCCCCCCCCCC. The zero-order valence-electron chi connectivity index (χ0n) is 55.4.